The number of carbonyl (C=O) groups excluding carboxylic acids is 1. The molecule has 0 aliphatic rings. The normalized spacial score (nSPS) is 13.3. The van der Waals surface area contributed by atoms with E-state index in [-0.39, 0.29) is 12.8 Å². The summed E-state index contributed by atoms with van der Waals surface area (Å²) < 4.78 is 5.17. The van der Waals surface area contributed by atoms with Gasteiger partial charge in [-0.25, -0.2) is 9.59 Å². The number of carboxylic acid groups (broad SMARTS) is 2. The summed E-state index contributed by atoms with van der Waals surface area (Å²) in [4.78, 5) is 38.0. The third kappa shape index (κ3) is 6.35. The lowest BCUT2D eigenvalue weighted by atomic mass is 9.98. The average molecular weight is 468 g/mol. The van der Waals surface area contributed by atoms with Gasteiger partial charge in [-0.05, 0) is 55.5 Å². The first kappa shape index (κ1) is 24.8. The third-order valence-electron chi connectivity index (χ3n) is 5.21. The monoisotopic (exact) mass is 467 g/mol. The Balaban J connectivity index is 1.80. The number of hydrogen-bond donors (Lipinski definition) is 5. The van der Waals surface area contributed by atoms with Crippen LogP contribution in [0.25, 0.3) is 22.0 Å². The summed E-state index contributed by atoms with van der Waals surface area (Å²) in [7, 11) is 0. The Bertz CT molecular complexity index is 1210. The number of H-pyrrole nitrogens is 1. The largest absolute Gasteiger partial charge is 0.480 e. The van der Waals surface area contributed by atoms with Crippen molar-refractivity contribution < 1.29 is 29.3 Å². The molecule has 2 atom stereocenters. The maximum Gasteiger partial charge on any atom is 0.408 e. The number of ether oxygens (including phenoxy) is 1. The van der Waals surface area contributed by atoms with Gasteiger partial charge in [0.2, 0.25) is 0 Å². The predicted molar refractivity (Wildman–Crippen MR) is 128 cm³/mol. The average Bonchev–Trinajstić information content (AvgIpc) is 3.14. The van der Waals surface area contributed by atoms with Crippen LogP contribution in [-0.4, -0.2) is 50.9 Å². The van der Waals surface area contributed by atoms with Gasteiger partial charge in [-0.2, -0.15) is 0 Å². The number of nitrogens with two attached hydrogens (primary N) is 1. The molecule has 0 spiro atoms. The molecule has 3 rings (SSSR count). The fourth-order valence-corrected chi connectivity index (χ4v) is 3.62. The maximum absolute atomic E-state index is 12.1. The summed E-state index contributed by atoms with van der Waals surface area (Å²) >= 11 is 0. The molecule has 9 nitrogen and oxygen atoms in total. The van der Waals surface area contributed by atoms with Crippen molar-refractivity contribution in [2.24, 2.45) is 5.73 Å². The number of fused-ring (bicyclic) bond motifs is 1. The minimum absolute atomic E-state index is 0.0798. The van der Waals surface area contributed by atoms with E-state index in [0.717, 1.165) is 33.2 Å². The van der Waals surface area contributed by atoms with Crippen LogP contribution in [0, 0.1) is 0 Å². The zero-order valence-corrected chi connectivity index (χ0v) is 19.3. The molecule has 1 heterocycles. The van der Waals surface area contributed by atoms with Crippen LogP contribution in [0.15, 0.2) is 48.7 Å². The molecule has 0 saturated heterocycles. The first-order valence-corrected chi connectivity index (χ1v) is 10.8. The summed E-state index contributed by atoms with van der Waals surface area (Å²) in [6, 6.07) is 11.1. The number of carbonyl (C=O) groups is 3. The first-order valence-electron chi connectivity index (χ1n) is 10.8. The molecule has 0 bridgehead atoms. The first-order chi connectivity index (χ1) is 15.9. The van der Waals surface area contributed by atoms with E-state index in [1.165, 1.54) is 0 Å². The van der Waals surface area contributed by atoms with E-state index in [0.29, 0.717) is 0 Å². The van der Waals surface area contributed by atoms with Gasteiger partial charge >= 0.3 is 18.0 Å². The predicted octanol–water partition coefficient (Wildman–Crippen LogP) is 3.31. The molecule has 1 aromatic heterocycles. The summed E-state index contributed by atoms with van der Waals surface area (Å²) in [5, 5.41) is 21.9. The molecule has 6 N–H and O–H groups in total. The van der Waals surface area contributed by atoms with Crippen LogP contribution in [0.2, 0.25) is 0 Å². The number of nitrogens with one attached hydrogen (secondary N) is 2. The van der Waals surface area contributed by atoms with Crippen molar-refractivity contribution in [1.82, 2.24) is 10.3 Å². The minimum Gasteiger partial charge on any atom is -0.480 e. The van der Waals surface area contributed by atoms with Crippen molar-refractivity contribution in [1.29, 1.82) is 0 Å². The maximum atomic E-state index is 12.1. The molecule has 0 fully saturated rings. The Morgan fingerprint density at radius 2 is 1.74 bits per heavy atom. The van der Waals surface area contributed by atoms with Crippen LogP contribution in [0.3, 0.4) is 0 Å². The number of alkyl carbamates (subject to hydrolysis) is 1. The second kappa shape index (κ2) is 9.96. The molecule has 0 unspecified atom stereocenters. The van der Waals surface area contributed by atoms with Crippen LogP contribution < -0.4 is 11.1 Å². The van der Waals surface area contributed by atoms with Gasteiger partial charge in [-0.1, -0.05) is 36.4 Å². The van der Waals surface area contributed by atoms with Crippen LogP contribution in [0.4, 0.5) is 4.79 Å². The van der Waals surface area contributed by atoms with Crippen LogP contribution in [0.5, 0.6) is 0 Å². The van der Waals surface area contributed by atoms with Gasteiger partial charge in [-0.3, -0.25) is 4.79 Å². The molecule has 0 radical (unpaired) electrons. The highest BCUT2D eigenvalue weighted by Crippen LogP contribution is 2.27. The van der Waals surface area contributed by atoms with Crippen LogP contribution >= 0.6 is 0 Å². The van der Waals surface area contributed by atoms with Crippen LogP contribution in [0.1, 0.15) is 31.9 Å². The van der Waals surface area contributed by atoms with E-state index in [9.17, 15) is 19.5 Å². The Morgan fingerprint density at radius 3 is 2.38 bits per heavy atom. The molecular weight excluding hydrogens is 438 g/mol. The number of aromatic nitrogens is 1. The lowest BCUT2D eigenvalue weighted by Gasteiger charge is -2.22. The fraction of sp³-hybridized carbons (Fsp3) is 0.320. The van der Waals surface area contributed by atoms with Gasteiger partial charge in [0.1, 0.15) is 17.7 Å². The van der Waals surface area contributed by atoms with E-state index in [1.54, 1.807) is 27.0 Å². The second-order valence-corrected chi connectivity index (χ2v) is 9.16. The van der Waals surface area contributed by atoms with Gasteiger partial charge in [0.05, 0.1) is 0 Å². The standard InChI is InChI=1S/C25H29N3O6/c1-25(2,3)34-24(33)28-21(23(31)32)12-17-13-27-20-11-16(7-8-18(17)20)15-6-4-5-14(9-15)10-19(26)22(29)30/h4-9,11,13,19,21,27H,10,12,26H2,1-3H3,(H,28,33)(H,29,30)(H,31,32)/t19-,21-/m0/s1. The lowest BCUT2D eigenvalue weighted by Crippen LogP contribution is -2.44. The lowest BCUT2D eigenvalue weighted by molar-refractivity contribution is -0.140. The van der Waals surface area contributed by atoms with E-state index in [2.05, 4.69) is 10.3 Å². The highest BCUT2D eigenvalue weighted by atomic mass is 16.6. The Morgan fingerprint density at radius 1 is 1.03 bits per heavy atom. The van der Waals surface area contributed by atoms with Crippen molar-refractivity contribution in [3.63, 3.8) is 0 Å². The number of carboxylic acids is 2. The molecule has 34 heavy (non-hydrogen) atoms. The SMILES string of the molecule is CC(C)(C)OC(=O)N[C@@H](Cc1c[nH]c2cc(-c3cccc(C[C@H](N)C(=O)O)c3)ccc12)C(=O)O. The second-order valence-electron chi connectivity index (χ2n) is 9.16. The fourth-order valence-electron chi connectivity index (χ4n) is 3.62. The number of aliphatic carboxylic acids is 2. The van der Waals surface area contributed by atoms with Crippen molar-refractivity contribution in [3.8, 4) is 11.1 Å². The molecule has 180 valence electrons. The van der Waals surface area contributed by atoms with Gasteiger partial charge in [0.15, 0.2) is 0 Å². The van der Waals surface area contributed by atoms with E-state index < -0.39 is 35.7 Å². The molecule has 0 saturated carbocycles. The smallest absolute Gasteiger partial charge is 0.408 e. The molecular formula is C25H29N3O6. The number of hydrogen-bond acceptors (Lipinski definition) is 5. The van der Waals surface area contributed by atoms with E-state index >= 15 is 0 Å². The van der Waals surface area contributed by atoms with Crippen molar-refractivity contribution in [3.05, 3.63) is 59.8 Å². The zero-order chi connectivity index (χ0) is 25.0. The zero-order valence-electron chi connectivity index (χ0n) is 19.3. The number of amides is 1. The summed E-state index contributed by atoms with van der Waals surface area (Å²) in [5.41, 5.74) is 9.10. The topological polar surface area (TPSA) is 155 Å². The molecule has 3 aromatic rings. The third-order valence-corrected chi connectivity index (χ3v) is 5.21. The van der Waals surface area contributed by atoms with Crippen molar-refractivity contribution in [2.45, 2.75) is 51.3 Å². The Hall–Kier alpha value is -3.85. The molecule has 0 aliphatic heterocycles. The van der Waals surface area contributed by atoms with Crippen molar-refractivity contribution >= 4 is 28.9 Å². The van der Waals surface area contributed by atoms with E-state index in [1.807, 2.05) is 42.5 Å². The van der Waals surface area contributed by atoms with Crippen molar-refractivity contribution in [2.75, 3.05) is 0 Å². The Kier molecular flexibility index (Phi) is 7.26. The minimum atomic E-state index is -1.16. The highest BCUT2D eigenvalue weighted by molar-refractivity contribution is 5.89. The summed E-state index contributed by atoms with van der Waals surface area (Å²) in [5.74, 6) is -2.21. The van der Waals surface area contributed by atoms with Gasteiger partial charge < -0.3 is 31.0 Å². The molecule has 9 heteroatoms. The van der Waals surface area contributed by atoms with Crippen LogP contribution in [-0.2, 0) is 27.2 Å². The number of rotatable bonds is 8. The Labute approximate surface area is 196 Å². The van der Waals surface area contributed by atoms with Gasteiger partial charge in [0.25, 0.3) is 0 Å². The molecule has 2 aromatic carbocycles. The van der Waals surface area contributed by atoms with E-state index in [4.69, 9.17) is 15.6 Å². The molecule has 1 amide bonds. The van der Waals surface area contributed by atoms with Gasteiger partial charge in [-0.15, -0.1) is 0 Å². The van der Waals surface area contributed by atoms with Gasteiger partial charge in [0, 0.05) is 23.5 Å². The number of benzene rings is 2. The summed E-state index contributed by atoms with van der Waals surface area (Å²) in [6.07, 6.45) is 1.24. The highest BCUT2D eigenvalue weighted by Gasteiger charge is 2.25. The summed E-state index contributed by atoms with van der Waals surface area (Å²) in [6.45, 7) is 5.11. The number of aromatic amines is 1. The molecule has 0 aliphatic carbocycles. The quantitative estimate of drug-likeness (QED) is 0.340.